The molecule has 1 aromatic rings. The molecule has 1 saturated carbocycles. The van der Waals surface area contributed by atoms with Crippen LogP contribution in [0.3, 0.4) is 0 Å². The van der Waals surface area contributed by atoms with Crippen LogP contribution in [-0.4, -0.2) is 12.0 Å². The number of hydrogen-bond acceptors (Lipinski definition) is 2. The molecule has 0 amide bonds. The zero-order valence-electron chi connectivity index (χ0n) is 8.51. The maximum absolute atomic E-state index is 8.81. The number of nitro groups is 1. The highest BCUT2D eigenvalue weighted by Crippen LogP contribution is 2.46. The molecule has 0 aromatic heterocycles. The third-order valence-electron chi connectivity index (χ3n) is 2.34. The first-order chi connectivity index (χ1) is 6.61. The van der Waals surface area contributed by atoms with Gasteiger partial charge in [0.15, 0.2) is 7.05 Å². The maximum atomic E-state index is 8.81. The minimum absolute atomic E-state index is 0.500. The third kappa shape index (κ3) is 3.56. The van der Waals surface area contributed by atoms with Gasteiger partial charge in [-0.1, -0.05) is 37.3 Å². The van der Waals surface area contributed by atoms with E-state index < -0.39 is 4.92 Å². The molecule has 0 heterocycles. The second-order valence-electron chi connectivity index (χ2n) is 3.67. The summed E-state index contributed by atoms with van der Waals surface area (Å²) in [5.41, 5.74) is 1.52. The molecule has 2 rings (SSSR count). The van der Waals surface area contributed by atoms with Gasteiger partial charge in [0.05, 0.1) is 0 Å². The molecule has 0 radical (unpaired) electrons. The molecule has 3 nitrogen and oxygen atoms in total. The zero-order valence-corrected chi connectivity index (χ0v) is 8.51. The molecule has 0 N–H and O–H groups in total. The van der Waals surface area contributed by atoms with E-state index in [4.69, 9.17) is 10.1 Å². The quantitative estimate of drug-likeness (QED) is 0.508. The molecule has 1 aliphatic rings. The second kappa shape index (κ2) is 4.74. The van der Waals surface area contributed by atoms with Gasteiger partial charge in [0, 0.05) is 4.92 Å². The van der Waals surface area contributed by atoms with Crippen LogP contribution in [0.15, 0.2) is 30.3 Å². The van der Waals surface area contributed by atoms with Crippen molar-refractivity contribution in [3.63, 3.8) is 0 Å². The van der Waals surface area contributed by atoms with E-state index in [-0.39, 0.29) is 0 Å². The standard InChI is InChI=1S/C10H12.CH3NO2/c1-8-7-10(8)9-5-3-2-4-6-9;1-2(3)4/h2-6,8,10H,7H2,1H3;1H3. The van der Waals surface area contributed by atoms with Gasteiger partial charge >= 0.3 is 0 Å². The first kappa shape index (κ1) is 10.7. The van der Waals surface area contributed by atoms with Crippen LogP contribution in [-0.2, 0) is 0 Å². The van der Waals surface area contributed by atoms with Crippen molar-refractivity contribution in [3.8, 4) is 0 Å². The summed E-state index contributed by atoms with van der Waals surface area (Å²) in [6, 6.07) is 10.8. The number of nitrogens with zero attached hydrogens (tertiary/aromatic N) is 1. The molecule has 0 saturated heterocycles. The van der Waals surface area contributed by atoms with Gasteiger partial charge in [-0.25, -0.2) is 0 Å². The summed E-state index contributed by atoms with van der Waals surface area (Å²) < 4.78 is 0. The number of rotatable bonds is 1. The molecular formula is C11H15NO2. The Labute approximate surface area is 83.9 Å². The summed E-state index contributed by atoms with van der Waals surface area (Å²) in [5, 5.41) is 8.81. The molecule has 2 unspecified atom stereocenters. The topological polar surface area (TPSA) is 43.1 Å². The first-order valence-electron chi connectivity index (χ1n) is 4.74. The first-order valence-corrected chi connectivity index (χ1v) is 4.74. The molecule has 1 fully saturated rings. The Morgan fingerprint density at radius 3 is 2.14 bits per heavy atom. The summed E-state index contributed by atoms with van der Waals surface area (Å²) in [5.74, 6) is 1.81. The van der Waals surface area contributed by atoms with Gasteiger partial charge in [0.2, 0.25) is 0 Å². The highest BCUT2D eigenvalue weighted by atomic mass is 16.6. The summed E-state index contributed by atoms with van der Waals surface area (Å²) >= 11 is 0. The lowest BCUT2D eigenvalue weighted by molar-refractivity contribution is -0.445. The van der Waals surface area contributed by atoms with Gasteiger partial charge in [-0.15, -0.1) is 0 Å². The third-order valence-corrected chi connectivity index (χ3v) is 2.34. The number of hydrogen-bond donors (Lipinski definition) is 0. The maximum Gasteiger partial charge on any atom is 0.194 e. The Bertz CT molecular complexity index is 293. The van der Waals surface area contributed by atoms with Crippen LogP contribution in [0.25, 0.3) is 0 Å². The van der Waals surface area contributed by atoms with Gasteiger partial charge in [-0.05, 0) is 23.8 Å². The van der Waals surface area contributed by atoms with Crippen molar-refractivity contribution in [2.45, 2.75) is 19.3 Å². The Morgan fingerprint density at radius 2 is 1.79 bits per heavy atom. The van der Waals surface area contributed by atoms with Crippen LogP contribution in [0.5, 0.6) is 0 Å². The van der Waals surface area contributed by atoms with Gasteiger partial charge in [0.1, 0.15) is 0 Å². The molecule has 1 aromatic carbocycles. The molecule has 0 bridgehead atoms. The van der Waals surface area contributed by atoms with Gasteiger partial charge in [-0.2, -0.15) is 0 Å². The van der Waals surface area contributed by atoms with Crippen molar-refractivity contribution in [2.75, 3.05) is 7.05 Å². The van der Waals surface area contributed by atoms with Crippen molar-refractivity contribution in [1.82, 2.24) is 0 Å². The molecule has 14 heavy (non-hydrogen) atoms. The summed E-state index contributed by atoms with van der Waals surface area (Å²) in [4.78, 5) is 8.31. The molecule has 0 aliphatic heterocycles. The molecule has 0 spiro atoms. The molecule has 3 heteroatoms. The van der Waals surface area contributed by atoms with E-state index >= 15 is 0 Å². The minimum Gasteiger partial charge on any atom is -0.265 e. The molecule has 1 aliphatic carbocycles. The fourth-order valence-electron chi connectivity index (χ4n) is 1.49. The van der Waals surface area contributed by atoms with E-state index in [1.807, 2.05) is 0 Å². The normalized spacial score (nSPS) is 23.3. The van der Waals surface area contributed by atoms with Crippen molar-refractivity contribution in [3.05, 3.63) is 46.0 Å². The van der Waals surface area contributed by atoms with E-state index in [0.29, 0.717) is 0 Å². The van der Waals surface area contributed by atoms with Crippen LogP contribution in [0.4, 0.5) is 0 Å². The lowest BCUT2D eigenvalue weighted by Crippen LogP contribution is -1.79. The van der Waals surface area contributed by atoms with Gasteiger partial charge < -0.3 is 0 Å². The minimum atomic E-state index is -0.500. The van der Waals surface area contributed by atoms with Crippen molar-refractivity contribution in [1.29, 1.82) is 0 Å². The van der Waals surface area contributed by atoms with Crippen LogP contribution in [0.2, 0.25) is 0 Å². The predicted octanol–water partition coefficient (Wildman–Crippen LogP) is 2.70. The summed E-state index contributed by atoms with van der Waals surface area (Å²) in [6.45, 7) is 2.32. The monoisotopic (exact) mass is 193 g/mol. The summed E-state index contributed by atoms with van der Waals surface area (Å²) in [6.07, 6.45) is 1.39. The van der Waals surface area contributed by atoms with Crippen LogP contribution >= 0.6 is 0 Å². The smallest absolute Gasteiger partial charge is 0.194 e. The second-order valence-corrected chi connectivity index (χ2v) is 3.67. The summed E-state index contributed by atoms with van der Waals surface area (Å²) in [7, 11) is 0.889. The van der Waals surface area contributed by atoms with E-state index in [1.54, 1.807) is 0 Å². The fraction of sp³-hybridized carbons (Fsp3) is 0.455. The highest BCUT2D eigenvalue weighted by Gasteiger charge is 2.33. The average Bonchev–Trinajstić information content (AvgIpc) is 2.83. The Balaban J connectivity index is 0.000000213. The van der Waals surface area contributed by atoms with Gasteiger partial charge in [-0.3, -0.25) is 10.1 Å². The van der Waals surface area contributed by atoms with Crippen LogP contribution in [0, 0.1) is 16.0 Å². The van der Waals surface area contributed by atoms with Crippen LogP contribution in [0.1, 0.15) is 24.8 Å². The SMILES string of the molecule is CC1CC1c1ccccc1.C[N+](=O)[O-]. The highest BCUT2D eigenvalue weighted by molar-refractivity contribution is 5.24. The van der Waals surface area contributed by atoms with Crippen LogP contribution < -0.4 is 0 Å². The lowest BCUT2D eigenvalue weighted by atomic mass is 10.1. The molecular weight excluding hydrogens is 178 g/mol. The van der Waals surface area contributed by atoms with E-state index in [2.05, 4.69) is 37.3 Å². The Morgan fingerprint density at radius 1 is 1.36 bits per heavy atom. The molecule has 76 valence electrons. The zero-order chi connectivity index (χ0) is 10.6. The van der Waals surface area contributed by atoms with Crippen molar-refractivity contribution in [2.24, 2.45) is 5.92 Å². The largest absolute Gasteiger partial charge is 0.265 e. The average molecular weight is 193 g/mol. The van der Waals surface area contributed by atoms with Crippen molar-refractivity contribution < 1.29 is 4.92 Å². The fourth-order valence-corrected chi connectivity index (χ4v) is 1.49. The predicted molar refractivity (Wildman–Crippen MR) is 55.9 cm³/mol. The molecule has 2 atom stereocenters. The van der Waals surface area contributed by atoms with Gasteiger partial charge in [0.25, 0.3) is 0 Å². The van der Waals surface area contributed by atoms with E-state index in [9.17, 15) is 0 Å². The van der Waals surface area contributed by atoms with E-state index in [1.165, 1.54) is 12.0 Å². The Kier molecular flexibility index (Phi) is 3.63. The van der Waals surface area contributed by atoms with E-state index in [0.717, 1.165) is 18.9 Å². The lowest BCUT2D eigenvalue weighted by Gasteiger charge is -1.94. The van der Waals surface area contributed by atoms with Crippen molar-refractivity contribution >= 4 is 0 Å². The Hall–Kier alpha value is -1.38. The number of benzene rings is 1.